The first kappa shape index (κ1) is 33.2. The van der Waals surface area contributed by atoms with Gasteiger partial charge in [0.25, 0.3) is 0 Å². The first-order chi connectivity index (χ1) is 18.4. The van der Waals surface area contributed by atoms with E-state index >= 15 is 0 Å². The Morgan fingerprint density at radius 3 is 2.41 bits per heavy atom. The lowest BCUT2D eigenvalue weighted by Gasteiger charge is -2.29. The molecule has 1 aliphatic heterocycles. The number of amidine groups is 1. The summed E-state index contributed by atoms with van der Waals surface area (Å²) in [7, 11) is 3.36. The van der Waals surface area contributed by atoms with E-state index < -0.39 is 18.4 Å². The van der Waals surface area contributed by atoms with Crippen molar-refractivity contribution in [2.45, 2.75) is 45.5 Å². The number of aldehydes is 1. The number of fused-ring (bicyclic) bond motifs is 1. The molecule has 0 bridgehead atoms. The zero-order valence-electron chi connectivity index (χ0n) is 22.4. The minimum absolute atomic E-state index is 0.0450. The second kappa shape index (κ2) is 16.2. The Hall–Kier alpha value is -3.78. The van der Waals surface area contributed by atoms with Crippen LogP contribution in [-0.4, -0.2) is 72.8 Å². The molecule has 216 valence electrons. The summed E-state index contributed by atoms with van der Waals surface area (Å²) in [4.78, 5) is 25.7. The number of hydrogen-bond donors (Lipinski definition) is 4. The Morgan fingerprint density at radius 1 is 1.23 bits per heavy atom. The van der Waals surface area contributed by atoms with E-state index in [1.54, 1.807) is 19.0 Å². The summed E-state index contributed by atoms with van der Waals surface area (Å²) >= 11 is 0. The van der Waals surface area contributed by atoms with Crippen LogP contribution in [0, 0.1) is 5.82 Å². The molecular weight excluding hydrogens is 520 g/mol. The van der Waals surface area contributed by atoms with Gasteiger partial charge in [0, 0.05) is 39.8 Å². The zero-order valence-corrected chi connectivity index (χ0v) is 22.4. The number of rotatable bonds is 7. The maximum atomic E-state index is 13.4. The third kappa shape index (κ3) is 11.2. The lowest BCUT2D eigenvalue weighted by molar-refractivity contribution is -0.138. The predicted molar refractivity (Wildman–Crippen MR) is 142 cm³/mol. The Bertz CT molecular complexity index is 1100. The van der Waals surface area contributed by atoms with Gasteiger partial charge < -0.3 is 16.5 Å². The number of halogens is 4. The molecule has 10 nitrogen and oxygen atoms in total. The van der Waals surface area contributed by atoms with Crippen molar-refractivity contribution in [1.82, 2.24) is 20.2 Å². The lowest BCUT2D eigenvalue weighted by atomic mass is 9.97. The summed E-state index contributed by atoms with van der Waals surface area (Å²) in [6.45, 7) is 4.63. The fourth-order valence-corrected chi connectivity index (χ4v) is 3.43. The minimum atomic E-state index is -4.17. The standard InChI is InChI=1S/C13H13F4NO.C10H18N6.C2H5NO/c14-12-6-9-1-3-18(4-2-13(15,16)17)7-10(9)5-11(12)8-19;1-7(2)16(12)10(15-11)8-5-4-6-9(13-3)14-8;1-3-2-4/h5-6,8H,1-4,7H2;4-7H,11-12H2,1-3H3,(H,13,14);2H,1H3,(H,3,4)/b;15-10-;. The van der Waals surface area contributed by atoms with Gasteiger partial charge in [-0.2, -0.15) is 18.3 Å². The molecule has 3 rings (SSSR count). The molecule has 1 amide bonds. The average molecular weight is 557 g/mol. The topological polar surface area (TPSA) is 142 Å². The molecule has 14 heteroatoms. The predicted octanol–water partition coefficient (Wildman–Crippen LogP) is 2.64. The highest BCUT2D eigenvalue weighted by Gasteiger charge is 2.29. The summed E-state index contributed by atoms with van der Waals surface area (Å²) in [6, 6.07) is 8.37. The van der Waals surface area contributed by atoms with Crippen LogP contribution < -0.4 is 22.3 Å². The maximum absolute atomic E-state index is 13.4. The highest BCUT2D eigenvalue weighted by molar-refractivity contribution is 5.96. The zero-order chi connectivity index (χ0) is 29.6. The molecule has 0 saturated carbocycles. The number of hydrazone groups is 1. The first-order valence-electron chi connectivity index (χ1n) is 12.0. The van der Waals surface area contributed by atoms with Crippen molar-refractivity contribution in [3.8, 4) is 0 Å². The molecule has 2 heterocycles. The minimum Gasteiger partial charge on any atom is -0.373 e. The second-order valence-corrected chi connectivity index (χ2v) is 8.67. The Morgan fingerprint density at radius 2 is 1.90 bits per heavy atom. The number of alkyl halides is 3. The van der Waals surface area contributed by atoms with Crippen molar-refractivity contribution in [2.24, 2.45) is 16.8 Å². The number of nitrogens with two attached hydrogens (primary N) is 2. The van der Waals surface area contributed by atoms with Crippen LogP contribution >= 0.6 is 0 Å². The number of carbonyl (C=O) groups is 2. The van der Waals surface area contributed by atoms with Crippen molar-refractivity contribution in [2.75, 3.05) is 32.5 Å². The molecule has 0 aliphatic carbocycles. The van der Waals surface area contributed by atoms with Crippen LogP contribution in [0.25, 0.3) is 0 Å². The number of anilines is 1. The number of pyridine rings is 1. The SMILES string of the molecule is CNC=O.CNc1cccc(/C(=N/N)N(N)C(C)C)n1.O=Cc1cc2c(cc1F)CCN(CCC(F)(F)F)C2. The summed E-state index contributed by atoms with van der Waals surface area (Å²) < 4.78 is 49.9. The van der Waals surface area contributed by atoms with E-state index in [2.05, 4.69) is 20.7 Å². The van der Waals surface area contributed by atoms with E-state index in [0.717, 1.165) is 16.9 Å². The fraction of sp³-hybridized carbons (Fsp3) is 0.440. The van der Waals surface area contributed by atoms with Crippen LogP contribution in [0.1, 0.15) is 47.4 Å². The Balaban J connectivity index is 0.000000347. The van der Waals surface area contributed by atoms with Crippen molar-refractivity contribution < 1.29 is 27.2 Å². The number of nitrogens with one attached hydrogen (secondary N) is 2. The number of hydrogen-bond acceptors (Lipinski definition) is 8. The van der Waals surface area contributed by atoms with Gasteiger partial charge in [0.1, 0.15) is 17.3 Å². The largest absolute Gasteiger partial charge is 0.390 e. The second-order valence-electron chi connectivity index (χ2n) is 8.67. The van der Waals surface area contributed by atoms with Crippen LogP contribution in [0.5, 0.6) is 0 Å². The van der Waals surface area contributed by atoms with Crippen LogP contribution in [-0.2, 0) is 17.8 Å². The Labute approximate surface area is 225 Å². The van der Waals surface area contributed by atoms with Gasteiger partial charge in [-0.1, -0.05) is 6.07 Å². The molecule has 6 N–H and O–H groups in total. The molecule has 0 spiro atoms. The molecule has 0 saturated heterocycles. The van der Waals surface area contributed by atoms with Crippen LogP contribution in [0.3, 0.4) is 0 Å². The number of benzene rings is 1. The molecule has 39 heavy (non-hydrogen) atoms. The lowest BCUT2D eigenvalue weighted by Crippen LogP contribution is -2.44. The third-order valence-electron chi connectivity index (χ3n) is 5.52. The van der Waals surface area contributed by atoms with E-state index in [0.29, 0.717) is 43.7 Å². The van der Waals surface area contributed by atoms with Crippen LogP contribution in [0.15, 0.2) is 35.4 Å². The molecule has 0 radical (unpaired) electrons. The van der Waals surface area contributed by atoms with Gasteiger partial charge in [-0.05, 0) is 55.7 Å². The van der Waals surface area contributed by atoms with Crippen molar-refractivity contribution in [3.05, 3.63) is 58.5 Å². The van der Waals surface area contributed by atoms with Gasteiger partial charge in [0.05, 0.1) is 12.0 Å². The maximum Gasteiger partial charge on any atom is 0.390 e. The van der Waals surface area contributed by atoms with Gasteiger partial charge >= 0.3 is 6.18 Å². The highest BCUT2D eigenvalue weighted by Crippen LogP contribution is 2.25. The molecule has 2 aromatic rings. The molecule has 1 aromatic heterocycles. The van der Waals surface area contributed by atoms with Crippen molar-refractivity contribution in [3.63, 3.8) is 0 Å². The van der Waals surface area contributed by atoms with Gasteiger partial charge in [-0.15, -0.1) is 0 Å². The molecule has 1 aliphatic rings. The van der Waals surface area contributed by atoms with Crippen molar-refractivity contribution in [1.29, 1.82) is 0 Å². The summed E-state index contributed by atoms with van der Waals surface area (Å²) in [5.74, 6) is 11.8. The van der Waals surface area contributed by atoms with E-state index in [-0.39, 0.29) is 18.2 Å². The summed E-state index contributed by atoms with van der Waals surface area (Å²) in [5.41, 5.74) is 2.10. The van der Waals surface area contributed by atoms with E-state index in [1.165, 1.54) is 17.1 Å². The highest BCUT2D eigenvalue weighted by atomic mass is 19.4. The number of aromatic nitrogens is 1. The van der Waals surface area contributed by atoms with Crippen LogP contribution in [0.4, 0.5) is 23.4 Å². The van der Waals surface area contributed by atoms with Gasteiger partial charge in [0.2, 0.25) is 6.41 Å². The third-order valence-corrected chi connectivity index (χ3v) is 5.52. The van der Waals surface area contributed by atoms with Crippen LogP contribution in [0.2, 0.25) is 0 Å². The normalized spacial score (nSPS) is 13.2. The smallest absolute Gasteiger partial charge is 0.373 e. The number of hydrazine groups is 1. The number of amides is 1. The monoisotopic (exact) mass is 556 g/mol. The van der Waals surface area contributed by atoms with E-state index in [1.807, 2.05) is 32.0 Å². The Kier molecular flexibility index (Phi) is 13.8. The van der Waals surface area contributed by atoms with E-state index in [4.69, 9.17) is 16.5 Å². The average Bonchev–Trinajstić information content (AvgIpc) is 2.92. The molecule has 1 aromatic carbocycles. The molecule has 0 unspecified atom stereocenters. The van der Waals surface area contributed by atoms with Gasteiger partial charge in [-0.3, -0.25) is 19.5 Å². The van der Waals surface area contributed by atoms with Crippen molar-refractivity contribution >= 4 is 24.3 Å². The van der Waals surface area contributed by atoms with Gasteiger partial charge in [-0.25, -0.2) is 15.2 Å². The first-order valence-corrected chi connectivity index (χ1v) is 12.0. The fourth-order valence-electron chi connectivity index (χ4n) is 3.43. The molecule has 0 atom stereocenters. The summed E-state index contributed by atoms with van der Waals surface area (Å²) in [6.07, 6.45) is -3.48. The number of carbonyl (C=O) groups excluding carboxylic acids is 2. The van der Waals surface area contributed by atoms with Gasteiger partial charge in [0.15, 0.2) is 12.1 Å². The number of nitrogens with zero attached hydrogens (tertiary/aromatic N) is 4. The molecular formula is C25H36F4N8O2. The summed E-state index contributed by atoms with van der Waals surface area (Å²) in [5, 5.41) is 10.4. The quantitative estimate of drug-likeness (QED) is 0.102. The van der Waals surface area contributed by atoms with E-state index in [9.17, 15) is 22.4 Å². The molecule has 0 fully saturated rings.